The van der Waals surface area contributed by atoms with Crippen LogP contribution in [0.3, 0.4) is 0 Å². The van der Waals surface area contributed by atoms with Crippen molar-refractivity contribution < 1.29 is 42.5 Å². The Hall–Kier alpha value is -4.16. The maximum absolute atomic E-state index is 14.3. The van der Waals surface area contributed by atoms with Crippen LogP contribution < -0.4 is 20.1 Å². The van der Waals surface area contributed by atoms with E-state index >= 15 is 0 Å². The molecule has 13 heteroatoms. The molecular formula is C33H45FN4O8. The number of esters is 1. The standard InChI is InChI=1S/C33H45FN4O8/c1-31(2,3)25(36-30(42)46-32(4,5)6)28(40)38-18-22(45-27-23-10-9-21(43-7)15-19(23)12-14-35-27)16-24(38)26(39)37-33(29(41)44-8)17-20(33)11-13-34/h9-10,12,14-15,20,22,24-25H,11,13,16-18H2,1-8H3,(H,36,42)(H,37,39)/t20-,22-,24+,25-,33-/m1/s1. The number of ether oxygens (including phenoxy) is 4. The van der Waals surface area contributed by atoms with Gasteiger partial charge in [0.25, 0.3) is 0 Å². The van der Waals surface area contributed by atoms with Crippen LogP contribution in [0.5, 0.6) is 11.6 Å². The van der Waals surface area contributed by atoms with E-state index < -0.39 is 71.2 Å². The van der Waals surface area contributed by atoms with E-state index in [9.17, 15) is 23.6 Å². The number of hydrogen-bond acceptors (Lipinski definition) is 9. The predicted molar refractivity (Wildman–Crippen MR) is 167 cm³/mol. The number of likely N-dealkylation sites (tertiary alicyclic amines) is 1. The number of rotatable bonds is 10. The minimum absolute atomic E-state index is 0.00709. The van der Waals surface area contributed by atoms with Crippen LogP contribution in [0.4, 0.5) is 9.18 Å². The smallest absolute Gasteiger partial charge is 0.408 e. The molecule has 2 aliphatic rings. The van der Waals surface area contributed by atoms with Crippen LogP contribution in [0.15, 0.2) is 30.5 Å². The summed E-state index contributed by atoms with van der Waals surface area (Å²) in [4.78, 5) is 59.6. The lowest BCUT2D eigenvalue weighted by atomic mass is 9.85. The second kappa shape index (κ2) is 13.3. The lowest BCUT2D eigenvalue weighted by molar-refractivity contribution is -0.148. The molecule has 2 N–H and O–H groups in total. The quantitative estimate of drug-likeness (QED) is 0.368. The van der Waals surface area contributed by atoms with Crippen LogP contribution in [0.1, 0.15) is 60.8 Å². The lowest BCUT2D eigenvalue weighted by Crippen LogP contribution is -2.59. The van der Waals surface area contributed by atoms with Gasteiger partial charge in [0.15, 0.2) is 0 Å². The first kappa shape index (κ1) is 34.7. The molecule has 0 radical (unpaired) electrons. The first-order valence-corrected chi connectivity index (χ1v) is 15.4. The lowest BCUT2D eigenvalue weighted by Gasteiger charge is -2.36. The second-order valence-corrected chi connectivity index (χ2v) is 14.0. The summed E-state index contributed by atoms with van der Waals surface area (Å²) in [6, 6.07) is 5.11. The van der Waals surface area contributed by atoms with Crippen molar-refractivity contribution in [2.24, 2.45) is 11.3 Å². The minimum atomic E-state index is -1.37. The molecule has 0 unspecified atom stereocenters. The number of aromatic nitrogens is 1. The molecule has 3 amide bonds. The van der Waals surface area contributed by atoms with Gasteiger partial charge in [-0.05, 0) is 74.6 Å². The summed E-state index contributed by atoms with van der Waals surface area (Å²) in [6.45, 7) is 9.85. The normalized spacial score (nSPS) is 23.3. The molecule has 4 rings (SSSR count). The third-order valence-corrected chi connectivity index (χ3v) is 8.29. The van der Waals surface area contributed by atoms with Gasteiger partial charge in [0, 0.05) is 18.0 Å². The van der Waals surface area contributed by atoms with E-state index in [2.05, 4.69) is 15.6 Å². The number of amides is 3. The Balaban J connectivity index is 1.65. The highest BCUT2D eigenvalue weighted by molar-refractivity contribution is 5.96. The van der Waals surface area contributed by atoms with Crippen molar-refractivity contribution >= 4 is 34.6 Å². The van der Waals surface area contributed by atoms with Crippen molar-refractivity contribution in [3.8, 4) is 11.6 Å². The monoisotopic (exact) mass is 644 g/mol. The highest BCUT2D eigenvalue weighted by Gasteiger charge is 2.62. The van der Waals surface area contributed by atoms with E-state index in [1.54, 1.807) is 60.9 Å². The molecule has 2 aromatic rings. The molecule has 1 saturated heterocycles. The first-order chi connectivity index (χ1) is 21.5. The number of hydrogen-bond donors (Lipinski definition) is 2. The average Bonchev–Trinajstić information content (AvgIpc) is 3.49. The number of methoxy groups -OCH3 is 2. The SMILES string of the molecule is COC(=O)[C@@]1(NC(=O)[C@@H]2C[C@@H](Oc3nccc4cc(OC)ccc34)CN2C(=O)[C@@H](NC(=O)OC(C)(C)C)C(C)(C)C)C[C@H]1CCF. The van der Waals surface area contributed by atoms with E-state index in [0.717, 1.165) is 5.39 Å². The van der Waals surface area contributed by atoms with E-state index in [0.29, 0.717) is 17.0 Å². The Bertz CT molecular complexity index is 1470. The van der Waals surface area contributed by atoms with Crippen LogP contribution in [0.2, 0.25) is 0 Å². The minimum Gasteiger partial charge on any atom is -0.497 e. The van der Waals surface area contributed by atoms with E-state index in [1.165, 1.54) is 12.0 Å². The molecule has 0 bridgehead atoms. The Kier molecular flexibility index (Phi) is 10.0. The summed E-state index contributed by atoms with van der Waals surface area (Å²) in [7, 11) is 2.78. The molecule has 1 aromatic heterocycles. The number of halogens is 1. The molecule has 5 atom stereocenters. The average molecular weight is 645 g/mol. The number of benzene rings is 1. The number of carbonyl (C=O) groups excluding carboxylic acids is 4. The molecule has 0 spiro atoms. The molecule has 2 fully saturated rings. The van der Waals surface area contributed by atoms with Crippen molar-refractivity contribution in [2.75, 3.05) is 27.4 Å². The van der Waals surface area contributed by atoms with Crippen LogP contribution >= 0.6 is 0 Å². The fraction of sp³-hybridized carbons (Fsp3) is 0.606. The summed E-state index contributed by atoms with van der Waals surface area (Å²) >= 11 is 0. The van der Waals surface area contributed by atoms with Gasteiger partial charge >= 0.3 is 12.1 Å². The van der Waals surface area contributed by atoms with Crippen LogP contribution in [-0.4, -0.2) is 90.5 Å². The predicted octanol–water partition coefficient (Wildman–Crippen LogP) is 3.94. The fourth-order valence-electron chi connectivity index (χ4n) is 5.87. The van der Waals surface area contributed by atoms with E-state index in [4.69, 9.17) is 18.9 Å². The number of nitrogens with zero attached hydrogens (tertiary/aromatic N) is 2. The summed E-state index contributed by atoms with van der Waals surface area (Å²) < 4.78 is 35.3. The number of fused-ring (bicyclic) bond motifs is 1. The van der Waals surface area contributed by atoms with Crippen molar-refractivity contribution in [1.82, 2.24) is 20.5 Å². The molecule has 12 nitrogen and oxygen atoms in total. The molecule has 1 aliphatic heterocycles. The van der Waals surface area contributed by atoms with Gasteiger partial charge in [-0.1, -0.05) is 20.8 Å². The molecule has 1 aromatic carbocycles. The van der Waals surface area contributed by atoms with Gasteiger partial charge < -0.3 is 34.5 Å². The fourth-order valence-corrected chi connectivity index (χ4v) is 5.87. The van der Waals surface area contributed by atoms with E-state index in [-0.39, 0.29) is 25.8 Å². The maximum Gasteiger partial charge on any atom is 0.408 e. The Morgan fingerprint density at radius 3 is 2.43 bits per heavy atom. The van der Waals surface area contributed by atoms with Crippen molar-refractivity contribution in [2.45, 2.75) is 90.1 Å². The van der Waals surface area contributed by atoms with Crippen LogP contribution in [0, 0.1) is 11.3 Å². The molecule has 46 heavy (non-hydrogen) atoms. The zero-order valence-electron chi connectivity index (χ0n) is 27.8. The largest absolute Gasteiger partial charge is 0.497 e. The number of carbonyl (C=O) groups is 4. The molecule has 252 valence electrons. The maximum atomic E-state index is 14.3. The van der Waals surface area contributed by atoms with Crippen molar-refractivity contribution in [3.63, 3.8) is 0 Å². The Morgan fingerprint density at radius 2 is 1.83 bits per heavy atom. The topological polar surface area (TPSA) is 145 Å². The number of nitrogens with one attached hydrogen (secondary N) is 2. The van der Waals surface area contributed by atoms with Gasteiger partial charge in [-0.15, -0.1) is 0 Å². The summed E-state index contributed by atoms with van der Waals surface area (Å²) in [5, 5.41) is 7.02. The highest BCUT2D eigenvalue weighted by Crippen LogP contribution is 2.47. The molecular weight excluding hydrogens is 599 g/mol. The van der Waals surface area contributed by atoms with Crippen molar-refractivity contribution in [1.29, 1.82) is 0 Å². The highest BCUT2D eigenvalue weighted by atomic mass is 19.1. The van der Waals surface area contributed by atoms with Crippen LogP contribution in [-0.2, 0) is 23.9 Å². The van der Waals surface area contributed by atoms with Crippen molar-refractivity contribution in [3.05, 3.63) is 30.5 Å². The van der Waals surface area contributed by atoms with Crippen LogP contribution in [0.25, 0.3) is 10.8 Å². The van der Waals surface area contributed by atoms with Gasteiger partial charge in [0.1, 0.15) is 35.1 Å². The van der Waals surface area contributed by atoms with Gasteiger partial charge in [-0.2, -0.15) is 0 Å². The molecule has 1 aliphatic carbocycles. The van der Waals surface area contributed by atoms with Gasteiger partial charge in [0.2, 0.25) is 17.7 Å². The Labute approximate surface area is 268 Å². The molecule has 1 saturated carbocycles. The summed E-state index contributed by atoms with van der Waals surface area (Å²) in [5.74, 6) is -1.25. The Morgan fingerprint density at radius 1 is 1.11 bits per heavy atom. The third kappa shape index (κ3) is 7.61. The number of alkyl halides is 1. The zero-order valence-corrected chi connectivity index (χ0v) is 27.8. The zero-order chi connectivity index (χ0) is 34.0. The summed E-state index contributed by atoms with van der Waals surface area (Å²) in [5.41, 5.74) is -2.96. The van der Waals surface area contributed by atoms with E-state index in [1.807, 2.05) is 18.2 Å². The molecule has 2 heterocycles. The number of pyridine rings is 1. The van der Waals surface area contributed by atoms with Gasteiger partial charge in [-0.25, -0.2) is 14.6 Å². The summed E-state index contributed by atoms with van der Waals surface area (Å²) in [6.07, 6.45) is 0.526. The first-order valence-electron chi connectivity index (χ1n) is 15.4. The third-order valence-electron chi connectivity index (χ3n) is 8.29. The van der Waals surface area contributed by atoms with Gasteiger partial charge in [-0.3, -0.25) is 14.0 Å². The van der Waals surface area contributed by atoms with Gasteiger partial charge in [0.05, 0.1) is 27.4 Å². The second-order valence-electron chi connectivity index (χ2n) is 14.0. The number of alkyl carbamates (subject to hydrolysis) is 1.